The van der Waals surface area contributed by atoms with Crippen LogP contribution in [0.4, 0.5) is 0 Å². The first kappa shape index (κ1) is 19.3. The van der Waals surface area contributed by atoms with Crippen molar-refractivity contribution in [2.24, 2.45) is 0 Å². The molecule has 2 rings (SSSR count). The lowest BCUT2D eigenvalue weighted by atomic mass is 9.92. The van der Waals surface area contributed by atoms with Gasteiger partial charge in [-0.05, 0) is 52.7 Å². The zero-order valence-electron chi connectivity index (χ0n) is 14.5. The van der Waals surface area contributed by atoms with Crippen LogP contribution in [0.1, 0.15) is 39.2 Å². The summed E-state index contributed by atoms with van der Waals surface area (Å²) in [6, 6.07) is 6.45. The molecule has 136 valence electrons. The molecule has 1 aromatic rings. The molecule has 1 aliphatic heterocycles. The van der Waals surface area contributed by atoms with Crippen molar-refractivity contribution in [3.05, 3.63) is 29.8 Å². The monoisotopic (exact) mass is 358 g/mol. The van der Waals surface area contributed by atoms with Crippen molar-refractivity contribution in [3.63, 3.8) is 0 Å². The smallest absolute Gasteiger partial charge is 0.297 e. The van der Waals surface area contributed by atoms with E-state index in [-0.39, 0.29) is 17.6 Å². The Morgan fingerprint density at radius 3 is 2.46 bits per heavy atom. The topological polar surface area (TPSA) is 96.4 Å². The standard InChI is InChI=1S/C17H26O6S/c1-12-5-7-13(8-6-12)24(20,21)22-11-15-17(4,23-15)10-9-14(18)16(2,3)19/h5-8,14-15,18-19H,9-11H2,1-4H3/t14-,15+,17+/m1/s1. The van der Waals surface area contributed by atoms with Crippen molar-refractivity contribution in [1.82, 2.24) is 0 Å². The van der Waals surface area contributed by atoms with Crippen molar-refractivity contribution in [1.29, 1.82) is 0 Å². The molecule has 3 atom stereocenters. The number of rotatable bonds is 8. The molecule has 1 fully saturated rings. The first-order valence-electron chi connectivity index (χ1n) is 7.98. The second-order valence-corrected chi connectivity index (χ2v) is 8.79. The van der Waals surface area contributed by atoms with Gasteiger partial charge in [-0.3, -0.25) is 4.18 Å². The van der Waals surface area contributed by atoms with E-state index in [0.717, 1.165) is 5.56 Å². The minimum Gasteiger partial charge on any atom is -0.390 e. The molecule has 24 heavy (non-hydrogen) atoms. The number of epoxide rings is 1. The van der Waals surface area contributed by atoms with Gasteiger partial charge >= 0.3 is 0 Å². The maximum absolute atomic E-state index is 12.1. The molecular formula is C17H26O6S. The van der Waals surface area contributed by atoms with E-state index in [2.05, 4.69) is 0 Å². The summed E-state index contributed by atoms with van der Waals surface area (Å²) in [4.78, 5) is 0.118. The van der Waals surface area contributed by atoms with E-state index in [1.54, 1.807) is 26.0 Å². The molecule has 7 heteroatoms. The molecule has 0 aromatic heterocycles. The molecule has 0 radical (unpaired) electrons. The molecule has 1 aromatic carbocycles. The summed E-state index contributed by atoms with van der Waals surface area (Å²) in [5.74, 6) is 0. The molecule has 0 spiro atoms. The van der Waals surface area contributed by atoms with Crippen LogP contribution in [0.25, 0.3) is 0 Å². The number of benzene rings is 1. The first-order valence-corrected chi connectivity index (χ1v) is 9.39. The SMILES string of the molecule is Cc1ccc(S(=O)(=O)OC[C@@H]2O[C@@]2(C)CC[C@@H](O)C(C)(C)O)cc1. The van der Waals surface area contributed by atoms with Crippen molar-refractivity contribution in [3.8, 4) is 0 Å². The van der Waals surface area contributed by atoms with Crippen LogP contribution in [0.2, 0.25) is 0 Å². The van der Waals surface area contributed by atoms with Crippen LogP contribution in [-0.2, 0) is 19.0 Å². The summed E-state index contributed by atoms with van der Waals surface area (Å²) >= 11 is 0. The third kappa shape index (κ3) is 4.77. The van der Waals surface area contributed by atoms with Crippen molar-refractivity contribution in [2.45, 2.75) is 68.8 Å². The summed E-state index contributed by atoms with van der Waals surface area (Å²) in [6.07, 6.45) is -0.332. The Kier molecular flexibility index (Phi) is 5.42. The Labute approximate surface area is 143 Å². The highest BCUT2D eigenvalue weighted by Crippen LogP contribution is 2.41. The normalized spacial score (nSPS) is 25.5. The summed E-state index contributed by atoms with van der Waals surface area (Å²) in [7, 11) is -3.81. The van der Waals surface area contributed by atoms with Crippen LogP contribution in [-0.4, -0.2) is 48.6 Å². The Bertz CT molecular complexity index is 661. The van der Waals surface area contributed by atoms with Crippen molar-refractivity contribution >= 4 is 10.1 Å². The molecule has 0 unspecified atom stereocenters. The Hall–Kier alpha value is -0.990. The lowest BCUT2D eigenvalue weighted by molar-refractivity contribution is -0.0539. The molecule has 0 saturated carbocycles. The molecule has 1 saturated heterocycles. The Morgan fingerprint density at radius 1 is 1.33 bits per heavy atom. The maximum Gasteiger partial charge on any atom is 0.297 e. The van der Waals surface area contributed by atoms with Crippen molar-refractivity contribution < 1.29 is 27.6 Å². The number of aliphatic hydroxyl groups is 2. The van der Waals surface area contributed by atoms with Crippen LogP contribution in [0.15, 0.2) is 29.2 Å². The summed E-state index contributed by atoms with van der Waals surface area (Å²) in [6.45, 7) is 6.75. The highest BCUT2D eigenvalue weighted by molar-refractivity contribution is 7.86. The summed E-state index contributed by atoms with van der Waals surface area (Å²) in [5.41, 5.74) is -0.737. The van der Waals surface area contributed by atoms with E-state index in [1.807, 2.05) is 13.8 Å². The van der Waals surface area contributed by atoms with Gasteiger partial charge in [-0.1, -0.05) is 17.7 Å². The number of hydrogen-bond donors (Lipinski definition) is 2. The fourth-order valence-corrected chi connectivity index (χ4v) is 3.33. The number of aryl methyl sites for hydroxylation is 1. The Morgan fingerprint density at radius 2 is 1.92 bits per heavy atom. The van der Waals surface area contributed by atoms with Crippen LogP contribution in [0, 0.1) is 6.92 Å². The van der Waals surface area contributed by atoms with E-state index < -0.39 is 27.4 Å². The minimum absolute atomic E-state index is 0.0642. The second-order valence-electron chi connectivity index (χ2n) is 7.18. The first-order chi connectivity index (χ1) is 10.9. The van der Waals surface area contributed by atoms with Crippen LogP contribution in [0.3, 0.4) is 0 Å². The zero-order valence-corrected chi connectivity index (χ0v) is 15.3. The predicted octanol–water partition coefficient (Wildman–Crippen LogP) is 1.77. The summed E-state index contributed by atoms with van der Waals surface area (Å²) in [5, 5.41) is 19.6. The van der Waals surface area contributed by atoms with Gasteiger partial charge in [0.15, 0.2) is 0 Å². The van der Waals surface area contributed by atoms with Gasteiger partial charge in [-0.15, -0.1) is 0 Å². The van der Waals surface area contributed by atoms with E-state index in [9.17, 15) is 18.6 Å². The van der Waals surface area contributed by atoms with Gasteiger partial charge in [-0.2, -0.15) is 8.42 Å². The van der Waals surface area contributed by atoms with Gasteiger partial charge in [0.1, 0.15) is 6.10 Å². The molecule has 1 aliphatic rings. The number of hydrogen-bond acceptors (Lipinski definition) is 6. The molecule has 1 heterocycles. The predicted molar refractivity (Wildman–Crippen MR) is 89.1 cm³/mol. The third-order valence-corrected chi connectivity index (χ3v) is 5.75. The van der Waals surface area contributed by atoms with Crippen LogP contribution >= 0.6 is 0 Å². The van der Waals surface area contributed by atoms with Gasteiger partial charge in [0.05, 0.1) is 28.8 Å². The molecule has 6 nitrogen and oxygen atoms in total. The van der Waals surface area contributed by atoms with E-state index in [1.165, 1.54) is 12.1 Å². The van der Waals surface area contributed by atoms with Crippen molar-refractivity contribution in [2.75, 3.05) is 6.61 Å². The van der Waals surface area contributed by atoms with Gasteiger partial charge < -0.3 is 14.9 Å². The van der Waals surface area contributed by atoms with E-state index >= 15 is 0 Å². The lowest BCUT2D eigenvalue weighted by Gasteiger charge is -2.25. The van der Waals surface area contributed by atoms with Crippen LogP contribution < -0.4 is 0 Å². The zero-order chi connectivity index (χ0) is 18.2. The molecule has 0 bridgehead atoms. The lowest BCUT2D eigenvalue weighted by Crippen LogP contribution is -2.36. The van der Waals surface area contributed by atoms with Gasteiger partial charge in [0, 0.05) is 0 Å². The quantitative estimate of drug-likeness (QED) is 0.543. The number of ether oxygens (including phenoxy) is 1. The average molecular weight is 358 g/mol. The average Bonchev–Trinajstić information content (AvgIpc) is 3.13. The van der Waals surface area contributed by atoms with Gasteiger partial charge in [0.25, 0.3) is 10.1 Å². The maximum atomic E-state index is 12.1. The van der Waals surface area contributed by atoms with Crippen LogP contribution in [0.5, 0.6) is 0 Å². The highest BCUT2D eigenvalue weighted by Gasteiger charge is 2.52. The minimum atomic E-state index is -3.81. The molecule has 2 N–H and O–H groups in total. The third-order valence-electron chi connectivity index (χ3n) is 4.45. The Balaban J connectivity index is 1.84. The number of aliphatic hydroxyl groups excluding tert-OH is 1. The largest absolute Gasteiger partial charge is 0.390 e. The molecule has 0 aliphatic carbocycles. The highest BCUT2D eigenvalue weighted by atomic mass is 32.2. The van der Waals surface area contributed by atoms with E-state index in [0.29, 0.717) is 12.8 Å². The van der Waals surface area contributed by atoms with E-state index in [4.69, 9.17) is 8.92 Å². The van der Waals surface area contributed by atoms with Gasteiger partial charge in [-0.25, -0.2) is 0 Å². The second kappa shape index (κ2) is 6.72. The fourth-order valence-electron chi connectivity index (χ4n) is 2.42. The molecule has 0 amide bonds. The molecular weight excluding hydrogens is 332 g/mol. The summed E-state index contributed by atoms with van der Waals surface area (Å²) < 4.78 is 34.9. The fraction of sp³-hybridized carbons (Fsp3) is 0.647. The van der Waals surface area contributed by atoms with Gasteiger partial charge in [0.2, 0.25) is 0 Å².